The smallest absolute Gasteiger partial charge is 0.125 e. The quantitative estimate of drug-likeness (QED) is 0.730. The van der Waals surface area contributed by atoms with E-state index in [9.17, 15) is 0 Å². The molecule has 0 saturated carbocycles. The number of benzene rings is 1. The molecule has 0 bridgehead atoms. The van der Waals surface area contributed by atoms with Crippen molar-refractivity contribution in [2.24, 2.45) is 0 Å². The SMILES string of the molecule is Cc1ncc2c(n1)CCN(Cc1sc(-c3ccccc3)nc1C)C2. The van der Waals surface area contributed by atoms with Crippen LogP contribution in [0.15, 0.2) is 36.5 Å². The van der Waals surface area contributed by atoms with E-state index >= 15 is 0 Å². The average molecular weight is 336 g/mol. The van der Waals surface area contributed by atoms with Crippen LogP contribution in [0.4, 0.5) is 0 Å². The monoisotopic (exact) mass is 336 g/mol. The number of hydrogen-bond donors (Lipinski definition) is 0. The van der Waals surface area contributed by atoms with Crippen LogP contribution in [0, 0.1) is 13.8 Å². The van der Waals surface area contributed by atoms with Gasteiger partial charge < -0.3 is 0 Å². The van der Waals surface area contributed by atoms with Crippen molar-refractivity contribution >= 4 is 11.3 Å². The summed E-state index contributed by atoms with van der Waals surface area (Å²) < 4.78 is 0. The average Bonchev–Trinajstić information content (AvgIpc) is 2.97. The van der Waals surface area contributed by atoms with E-state index in [1.807, 2.05) is 19.2 Å². The lowest BCUT2D eigenvalue weighted by Gasteiger charge is -2.27. The Morgan fingerprint density at radius 2 is 1.96 bits per heavy atom. The van der Waals surface area contributed by atoms with Crippen molar-refractivity contribution in [3.8, 4) is 10.6 Å². The third-order valence-corrected chi connectivity index (χ3v) is 5.61. The summed E-state index contributed by atoms with van der Waals surface area (Å²) in [7, 11) is 0. The Balaban J connectivity index is 1.52. The van der Waals surface area contributed by atoms with Crippen LogP contribution < -0.4 is 0 Å². The van der Waals surface area contributed by atoms with Gasteiger partial charge >= 0.3 is 0 Å². The van der Waals surface area contributed by atoms with E-state index in [2.05, 4.69) is 46.1 Å². The number of rotatable bonds is 3. The summed E-state index contributed by atoms with van der Waals surface area (Å²) in [4.78, 5) is 17.5. The lowest BCUT2D eigenvalue weighted by Crippen LogP contribution is -2.30. The first-order chi connectivity index (χ1) is 11.7. The van der Waals surface area contributed by atoms with Crippen molar-refractivity contribution in [2.45, 2.75) is 33.4 Å². The molecule has 0 radical (unpaired) electrons. The van der Waals surface area contributed by atoms with Gasteiger partial charge in [0.05, 0.1) is 5.69 Å². The fourth-order valence-electron chi connectivity index (χ4n) is 3.09. The molecule has 4 rings (SSSR count). The zero-order valence-electron chi connectivity index (χ0n) is 14.0. The van der Waals surface area contributed by atoms with Crippen molar-refractivity contribution < 1.29 is 0 Å². The lowest BCUT2D eigenvalue weighted by atomic mass is 10.1. The molecular formula is C19H20N4S. The molecule has 0 amide bonds. The Bertz CT molecular complexity index is 857. The molecule has 3 aromatic rings. The highest BCUT2D eigenvalue weighted by Crippen LogP contribution is 2.29. The van der Waals surface area contributed by atoms with E-state index in [1.54, 1.807) is 11.3 Å². The van der Waals surface area contributed by atoms with Gasteiger partial charge in [0.15, 0.2) is 0 Å². The van der Waals surface area contributed by atoms with Gasteiger partial charge in [-0.3, -0.25) is 4.90 Å². The summed E-state index contributed by atoms with van der Waals surface area (Å²) in [5.74, 6) is 0.869. The number of thiazole rings is 1. The van der Waals surface area contributed by atoms with Crippen molar-refractivity contribution in [3.05, 3.63) is 64.2 Å². The van der Waals surface area contributed by atoms with Gasteiger partial charge in [0, 0.05) is 53.9 Å². The Morgan fingerprint density at radius 1 is 1.12 bits per heavy atom. The number of fused-ring (bicyclic) bond motifs is 1. The molecule has 24 heavy (non-hydrogen) atoms. The van der Waals surface area contributed by atoms with Crippen LogP contribution in [0.2, 0.25) is 0 Å². The molecule has 0 saturated heterocycles. The van der Waals surface area contributed by atoms with Crippen LogP contribution in [0.3, 0.4) is 0 Å². The van der Waals surface area contributed by atoms with Crippen LogP contribution >= 0.6 is 11.3 Å². The molecule has 5 heteroatoms. The van der Waals surface area contributed by atoms with Gasteiger partial charge in [0.25, 0.3) is 0 Å². The summed E-state index contributed by atoms with van der Waals surface area (Å²) in [6.45, 7) is 6.99. The third-order valence-electron chi connectivity index (χ3n) is 4.41. The minimum absolute atomic E-state index is 0.869. The summed E-state index contributed by atoms with van der Waals surface area (Å²) >= 11 is 1.81. The number of hydrogen-bond acceptors (Lipinski definition) is 5. The number of nitrogens with zero attached hydrogens (tertiary/aromatic N) is 4. The van der Waals surface area contributed by atoms with E-state index in [0.717, 1.165) is 42.6 Å². The van der Waals surface area contributed by atoms with E-state index in [1.165, 1.54) is 21.7 Å². The van der Waals surface area contributed by atoms with Crippen LogP contribution in [-0.4, -0.2) is 26.4 Å². The normalized spacial score (nSPS) is 14.6. The van der Waals surface area contributed by atoms with Crippen LogP contribution in [-0.2, 0) is 19.5 Å². The minimum atomic E-state index is 0.869. The Labute approximate surface area is 146 Å². The second-order valence-corrected chi connectivity index (χ2v) is 7.33. The molecule has 1 aliphatic heterocycles. The van der Waals surface area contributed by atoms with Crippen molar-refractivity contribution in [3.63, 3.8) is 0 Å². The predicted molar refractivity (Wildman–Crippen MR) is 96.9 cm³/mol. The Hall–Kier alpha value is -2.11. The summed E-state index contributed by atoms with van der Waals surface area (Å²) in [6, 6.07) is 10.4. The van der Waals surface area contributed by atoms with E-state index in [0.29, 0.717) is 0 Å². The van der Waals surface area contributed by atoms with Gasteiger partial charge in [0.2, 0.25) is 0 Å². The molecule has 1 aliphatic rings. The standard InChI is InChI=1S/C19H20N4S/c1-13-18(24-19(21-13)15-6-4-3-5-7-15)12-23-9-8-17-16(11-23)10-20-14(2)22-17/h3-7,10H,8-9,11-12H2,1-2H3. The third kappa shape index (κ3) is 3.09. The molecule has 0 aliphatic carbocycles. The fourth-order valence-corrected chi connectivity index (χ4v) is 4.20. The van der Waals surface area contributed by atoms with Gasteiger partial charge in [-0.1, -0.05) is 30.3 Å². The zero-order chi connectivity index (χ0) is 16.5. The first kappa shape index (κ1) is 15.4. The summed E-state index contributed by atoms with van der Waals surface area (Å²) in [5, 5.41) is 1.11. The Kier molecular flexibility index (Phi) is 4.12. The molecule has 3 heterocycles. The van der Waals surface area contributed by atoms with Gasteiger partial charge in [-0.15, -0.1) is 11.3 Å². The molecule has 0 unspecified atom stereocenters. The topological polar surface area (TPSA) is 41.9 Å². The maximum atomic E-state index is 4.77. The first-order valence-corrected chi connectivity index (χ1v) is 9.06. The lowest BCUT2D eigenvalue weighted by molar-refractivity contribution is 0.244. The maximum absolute atomic E-state index is 4.77. The first-order valence-electron chi connectivity index (χ1n) is 8.24. The highest BCUT2D eigenvalue weighted by molar-refractivity contribution is 7.15. The van der Waals surface area contributed by atoms with E-state index in [4.69, 9.17) is 4.98 Å². The second-order valence-electron chi connectivity index (χ2n) is 6.24. The molecule has 4 nitrogen and oxygen atoms in total. The van der Waals surface area contributed by atoms with Gasteiger partial charge in [-0.2, -0.15) is 0 Å². The summed E-state index contributed by atoms with van der Waals surface area (Å²) in [5.41, 5.74) is 4.82. The van der Waals surface area contributed by atoms with Crippen molar-refractivity contribution in [1.82, 2.24) is 19.9 Å². The molecule has 0 fully saturated rings. The van der Waals surface area contributed by atoms with Crippen LogP contribution in [0.1, 0.15) is 27.7 Å². The molecule has 2 aromatic heterocycles. The largest absolute Gasteiger partial charge is 0.293 e. The van der Waals surface area contributed by atoms with Gasteiger partial charge in [-0.05, 0) is 13.8 Å². The van der Waals surface area contributed by atoms with E-state index < -0.39 is 0 Å². The van der Waals surface area contributed by atoms with Gasteiger partial charge in [0.1, 0.15) is 10.8 Å². The Morgan fingerprint density at radius 3 is 2.79 bits per heavy atom. The minimum Gasteiger partial charge on any atom is -0.293 e. The molecule has 0 N–H and O–H groups in total. The maximum Gasteiger partial charge on any atom is 0.125 e. The van der Waals surface area contributed by atoms with Crippen molar-refractivity contribution in [2.75, 3.05) is 6.54 Å². The second kappa shape index (κ2) is 6.42. The predicted octanol–water partition coefficient (Wildman–Crippen LogP) is 3.78. The van der Waals surface area contributed by atoms with Crippen LogP contribution in [0.5, 0.6) is 0 Å². The van der Waals surface area contributed by atoms with Crippen molar-refractivity contribution in [1.29, 1.82) is 0 Å². The number of aromatic nitrogens is 3. The molecule has 122 valence electrons. The highest BCUT2D eigenvalue weighted by atomic mass is 32.1. The molecule has 0 spiro atoms. The summed E-state index contributed by atoms with van der Waals surface area (Å²) in [6.07, 6.45) is 2.99. The molecule has 0 atom stereocenters. The highest BCUT2D eigenvalue weighted by Gasteiger charge is 2.20. The van der Waals surface area contributed by atoms with Gasteiger partial charge in [-0.25, -0.2) is 15.0 Å². The fraction of sp³-hybridized carbons (Fsp3) is 0.316. The molecular weight excluding hydrogens is 316 g/mol. The molecule has 1 aromatic carbocycles. The van der Waals surface area contributed by atoms with Crippen LogP contribution in [0.25, 0.3) is 10.6 Å². The van der Waals surface area contributed by atoms with E-state index in [-0.39, 0.29) is 0 Å². The zero-order valence-corrected chi connectivity index (χ0v) is 14.8. The number of aryl methyl sites for hydroxylation is 2.